The fourth-order valence-corrected chi connectivity index (χ4v) is 4.84. The van der Waals surface area contributed by atoms with Gasteiger partial charge in [0.1, 0.15) is 11.4 Å². The fourth-order valence-electron chi connectivity index (χ4n) is 4.69. The molecule has 4 rings (SSSR count). The summed E-state index contributed by atoms with van der Waals surface area (Å²) in [5.74, 6) is 0.753. The number of hydrogen-bond donors (Lipinski definition) is 0. The van der Waals surface area contributed by atoms with Crippen molar-refractivity contribution < 1.29 is 14.3 Å². The maximum atomic E-state index is 13.0. The molecule has 1 saturated heterocycles. The number of carbonyl (C=O) groups excluding carboxylic acids is 2. The lowest BCUT2D eigenvalue weighted by molar-refractivity contribution is -0.00581. The molecule has 0 unspecified atom stereocenters. The van der Waals surface area contributed by atoms with Crippen molar-refractivity contribution in [2.45, 2.75) is 64.9 Å². The van der Waals surface area contributed by atoms with E-state index in [9.17, 15) is 9.59 Å². The summed E-state index contributed by atoms with van der Waals surface area (Å²) < 4.78 is 6.42. The average Bonchev–Trinajstić information content (AvgIpc) is 2.71. The van der Waals surface area contributed by atoms with Crippen molar-refractivity contribution in [2.75, 3.05) is 13.1 Å². The zero-order valence-electron chi connectivity index (χ0n) is 19.0. The molecule has 5 heteroatoms. The standard InChI is InChI=1S/C26H30ClNO3/c1-16-14-21-22(17(2)23(16)27)20(29)15-26(31-21)10-12-28(13-11-26)24(30)18-6-8-19(9-7-18)25(3,4)5/h6-9,14H,10-13,15H2,1-5H3. The number of rotatable bonds is 1. The third-order valence-corrected chi connectivity index (χ3v) is 7.27. The summed E-state index contributed by atoms with van der Waals surface area (Å²) in [6.45, 7) is 11.4. The first kappa shape index (κ1) is 21.9. The third kappa shape index (κ3) is 3.98. The number of ether oxygens (including phenoxy) is 1. The maximum absolute atomic E-state index is 13.0. The molecule has 2 heterocycles. The summed E-state index contributed by atoms with van der Waals surface area (Å²) in [6, 6.07) is 9.78. The van der Waals surface area contributed by atoms with Gasteiger partial charge < -0.3 is 9.64 Å². The number of nitrogens with zero attached hydrogens (tertiary/aromatic N) is 1. The van der Waals surface area contributed by atoms with E-state index in [2.05, 4.69) is 20.8 Å². The Morgan fingerprint density at radius 3 is 2.29 bits per heavy atom. The summed E-state index contributed by atoms with van der Waals surface area (Å²) in [7, 11) is 0. The quantitative estimate of drug-likeness (QED) is 0.556. The van der Waals surface area contributed by atoms with E-state index in [-0.39, 0.29) is 17.1 Å². The minimum atomic E-state index is -0.538. The van der Waals surface area contributed by atoms with Crippen LogP contribution in [0, 0.1) is 13.8 Å². The summed E-state index contributed by atoms with van der Waals surface area (Å²) in [4.78, 5) is 27.9. The minimum absolute atomic E-state index is 0.0383. The van der Waals surface area contributed by atoms with Crippen molar-refractivity contribution in [1.82, 2.24) is 4.90 Å². The molecule has 2 aromatic carbocycles. The fraction of sp³-hybridized carbons (Fsp3) is 0.462. The normalized spacial score (nSPS) is 18.0. The van der Waals surface area contributed by atoms with E-state index in [1.54, 1.807) is 0 Å². The highest BCUT2D eigenvalue weighted by atomic mass is 35.5. The van der Waals surface area contributed by atoms with Gasteiger partial charge in [-0.1, -0.05) is 44.5 Å². The van der Waals surface area contributed by atoms with Gasteiger partial charge in [0.25, 0.3) is 5.91 Å². The Labute approximate surface area is 189 Å². The van der Waals surface area contributed by atoms with Gasteiger partial charge in [0, 0.05) is 36.5 Å². The number of likely N-dealkylation sites (tertiary alicyclic amines) is 1. The van der Waals surface area contributed by atoms with Gasteiger partial charge in [0.05, 0.1) is 12.0 Å². The SMILES string of the molecule is Cc1cc2c(c(C)c1Cl)C(=O)CC1(CCN(C(=O)c3ccc(C(C)(C)C)cc3)CC1)O2. The summed E-state index contributed by atoms with van der Waals surface area (Å²) in [5.41, 5.74) is 3.75. The maximum Gasteiger partial charge on any atom is 0.253 e. The Morgan fingerprint density at radius 1 is 1.10 bits per heavy atom. The summed E-state index contributed by atoms with van der Waals surface area (Å²) >= 11 is 6.35. The molecule has 0 bridgehead atoms. The number of aryl methyl sites for hydroxylation is 1. The van der Waals surface area contributed by atoms with Crippen molar-refractivity contribution in [2.24, 2.45) is 0 Å². The molecule has 0 atom stereocenters. The lowest BCUT2D eigenvalue weighted by Gasteiger charge is -2.44. The van der Waals surface area contributed by atoms with Crippen LogP contribution in [-0.4, -0.2) is 35.3 Å². The number of carbonyl (C=O) groups is 2. The van der Waals surface area contributed by atoms with Crippen LogP contribution in [0.4, 0.5) is 0 Å². The van der Waals surface area contributed by atoms with Crippen LogP contribution < -0.4 is 4.74 Å². The molecule has 0 N–H and O–H groups in total. The Bertz CT molecular complexity index is 1040. The molecule has 2 aliphatic heterocycles. The number of piperidine rings is 1. The molecule has 1 fully saturated rings. The number of amides is 1. The van der Waals surface area contributed by atoms with E-state index in [1.165, 1.54) is 5.56 Å². The molecule has 1 amide bonds. The van der Waals surface area contributed by atoms with Gasteiger partial charge in [-0.2, -0.15) is 0 Å². The van der Waals surface area contributed by atoms with Gasteiger partial charge >= 0.3 is 0 Å². The van der Waals surface area contributed by atoms with Crippen molar-refractivity contribution in [3.63, 3.8) is 0 Å². The molecule has 31 heavy (non-hydrogen) atoms. The zero-order valence-corrected chi connectivity index (χ0v) is 19.7. The van der Waals surface area contributed by atoms with Crippen LogP contribution in [0.25, 0.3) is 0 Å². The molecule has 0 saturated carbocycles. The Kier molecular flexibility index (Phi) is 5.41. The van der Waals surface area contributed by atoms with Gasteiger partial charge in [-0.05, 0) is 54.2 Å². The van der Waals surface area contributed by atoms with Gasteiger partial charge in [-0.15, -0.1) is 0 Å². The molecular formula is C26H30ClNO3. The smallest absolute Gasteiger partial charge is 0.253 e. The Hall–Kier alpha value is -2.33. The number of halogens is 1. The highest BCUT2D eigenvalue weighted by molar-refractivity contribution is 6.32. The van der Waals surface area contributed by atoms with Crippen molar-refractivity contribution in [3.05, 3.63) is 63.2 Å². The first-order valence-corrected chi connectivity index (χ1v) is 11.3. The number of fused-ring (bicyclic) bond motifs is 1. The number of hydrogen-bond acceptors (Lipinski definition) is 3. The van der Waals surface area contributed by atoms with Gasteiger partial charge in [-0.25, -0.2) is 0 Å². The number of benzene rings is 2. The van der Waals surface area contributed by atoms with E-state index in [4.69, 9.17) is 16.3 Å². The predicted octanol–water partition coefficient (Wildman–Crippen LogP) is 5.89. The lowest BCUT2D eigenvalue weighted by Crippen LogP contribution is -2.52. The molecular weight excluding hydrogens is 410 g/mol. The molecule has 0 radical (unpaired) electrons. The molecule has 2 aliphatic rings. The summed E-state index contributed by atoms with van der Waals surface area (Å²) in [6.07, 6.45) is 1.62. The average molecular weight is 440 g/mol. The number of ketones is 1. The van der Waals surface area contributed by atoms with Gasteiger partial charge in [0.15, 0.2) is 5.78 Å². The second kappa shape index (κ2) is 7.67. The topological polar surface area (TPSA) is 46.6 Å². The highest BCUT2D eigenvalue weighted by Gasteiger charge is 2.44. The van der Waals surface area contributed by atoms with E-state index < -0.39 is 5.60 Å². The van der Waals surface area contributed by atoms with Crippen LogP contribution in [0.2, 0.25) is 5.02 Å². The second-order valence-corrected chi connectivity index (χ2v) is 10.4. The Morgan fingerprint density at radius 2 is 1.71 bits per heavy atom. The molecule has 164 valence electrons. The van der Waals surface area contributed by atoms with E-state index in [1.807, 2.05) is 49.1 Å². The van der Waals surface area contributed by atoms with Crippen molar-refractivity contribution in [3.8, 4) is 5.75 Å². The lowest BCUT2D eigenvalue weighted by atomic mass is 9.81. The Balaban J connectivity index is 1.48. The predicted molar refractivity (Wildman–Crippen MR) is 124 cm³/mol. The van der Waals surface area contributed by atoms with E-state index >= 15 is 0 Å². The minimum Gasteiger partial charge on any atom is -0.486 e. The molecule has 4 nitrogen and oxygen atoms in total. The molecule has 0 aliphatic carbocycles. The monoisotopic (exact) mass is 439 g/mol. The van der Waals surface area contributed by atoms with Crippen molar-refractivity contribution >= 4 is 23.3 Å². The zero-order chi connectivity index (χ0) is 22.6. The first-order valence-electron chi connectivity index (χ1n) is 10.9. The van der Waals surface area contributed by atoms with Crippen LogP contribution >= 0.6 is 11.6 Å². The van der Waals surface area contributed by atoms with Gasteiger partial charge in [0.2, 0.25) is 0 Å². The third-order valence-electron chi connectivity index (χ3n) is 6.69. The van der Waals surface area contributed by atoms with Crippen LogP contribution in [0.3, 0.4) is 0 Å². The summed E-state index contributed by atoms with van der Waals surface area (Å²) in [5, 5.41) is 0.629. The van der Waals surface area contributed by atoms with Crippen LogP contribution in [0.5, 0.6) is 5.75 Å². The largest absolute Gasteiger partial charge is 0.486 e. The van der Waals surface area contributed by atoms with Gasteiger partial charge in [-0.3, -0.25) is 9.59 Å². The van der Waals surface area contributed by atoms with Crippen LogP contribution in [-0.2, 0) is 5.41 Å². The van der Waals surface area contributed by atoms with Crippen LogP contribution in [0.1, 0.15) is 77.4 Å². The van der Waals surface area contributed by atoms with E-state index in [0.29, 0.717) is 54.3 Å². The van der Waals surface area contributed by atoms with Crippen molar-refractivity contribution in [1.29, 1.82) is 0 Å². The molecule has 0 aromatic heterocycles. The van der Waals surface area contributed by atoms with E-state index in [0.717, 1.165) is 11.1 Å². The van der Waals surface area contributed by atoms with Crippen LogP contribution in [0.15, 0.2) is 30.3 Å². The first-order chi connectivity index (χ1) is 14.5. The number of Topliss-reactive ketones (excluding diaryl/α,β-unsaturated/α-hetero) is 1. The highest BCUT2D eigenvalue weighted by Crippen LogP contribution is 2.43. The molecule has 2 aromatic rings. The molecule has 1 spiro atoms. The second-order valence-electron chi connectivity index (χ2n) is 10.0.